The Morgan fingerprint density at radius 1 is 0.613 bits per heavy atom. The summed E-state index contributed by atoms with van der Waals surface area (Å²) in [5.41, 5.74) is 3.13. The minimum atomic E-state index is 0.959. The standard InChI is InChI=1S/C26H13N3S2/c1-2-6-19-14(4-1)23-20(30-19)7-8-21-24(23)17-12-18-16(13-22(17)31-21)25-15(5-3-9-27-25)26-28-10-11-29(18)26/h1-13H. The van der Waals surface area contributed by atoms with Crippen molar-refractivity contribution < 1.29 is 0 Å². The van der Waals surface area contributed by atoms with Crippen molar-refractivity contribution in [2.45, 2.75) is 0 Å². The van der Waals surface area contributed by atoms with E-state index in [9.17, 15) is 0 Å². The second-order valence-electron chi connectivity index (χ2n) is 7.90. The van der Waals surface area contributed by atoms with Crippen LogP contribution < -0.4 is 0 Å². The summed E-state index contributed by atoms with van der Waals surface area (Å²) in [5, 5.41) is 7.67. The van der Waals surface area contributed by atoms with Gasteiger partial charge >= 0.3 is 0 Å². The first-order valence-electron chi connectivity index (χ1n) is 10.2. The Hall–Kier alpha value is -3.54. The third-order valence-corrected chi connectivity index (χ3v) is 8.55. The first-order chi connectivity index (χ1) is 15.4. The number of nitrogens with zero attached hydrogens (tertiary/aromatic N) is 3. The quantitative estimate of drug-likeness (QED) is 0.230. The molecule has 5 heteroatoms. The van der Waals surface area contributed by atoms with E-state index < -0.39 is 0 Å². The highest BCUT2D eigenvalue weighted by Gasteiger charge is 2.17. The molecule has 0 radical (unpaired) electrons. The molecule has 0 unspecified atom stereocenters. The molecule has 0 aliphatic carbocycles. The molecule has 8 rings (SSSR count). The maximum atomic E-state index is 4.74. The molecule has 0 bridgehead atoms. The lowest BCUT2D eigenvalue weighted by Gasteiger charge is -2.08. The molecule has 0 N–H and O–H groups in total. The fourth-order valence-electron chi connectivity index (χ4n) is 5.00. The van der Waals surface area contributed by atoms with Crippen molar-refractivity contribution in [3.05, 3.63) is 79.3 Å². The van der Waals surface area contributed by atoms with Gasteiger partial charge in [-0.05, 0) is 42.5 Å². The van der Waals surface area contributed by atoms with E-state index in [4.69, 9.17) is 4.98 Å². The SMILES string of the molecule is c1ccc2c(c1)sc1ccc3sc4cc5c6ncccc6c6nccn6c5cc4c3c12. The first-order valence-corrected chi connectivity index (χ1v) is 11.8. The summed E-state index contributed by atoms with van der Waals surface area (Å²) in [6.45, 7) is 0. The maximum absolute atomic E-state index is 4.74. The van der Waals surface area contributed by atoms with Crippen molar-refractivity contribution in [1.29, 1.82) is 0 Å². The van der Waals surface area contributed by atoms with E-state index in [0.29, 0.717) is 0 Å². The first kappa shape index (κ1) is 16.2. The lowest BCUT2D eigenvalue weighted by molar-refractivity contribution is 1.27. The van der Waals surface area contributed by atoms with Crippen LogP contribution in [0.1, 0.15) is 0 Å². The van der Waals surface area contributed by atoms with Crippen LogP contribution >= 0.6 is 22.7 Å². The Labute approximate surface area is 183 Å². The fourth-order valence-corrected chi connectivity index (χ4v) is 7.25. The van der Waals surface area contributed by atoms with E-state index in [1.807, 2.05) is 41.1 Å². The normalized spacial score (nSPS) is 12.5. The average molecular weight is 432 g/mol. The molecule has 0 aliphatic heterocycles. The molecule has 3 aromatic carbocycles. The molecule has 31 heavy (non-hydrogen) atoms. The summed E-state index contributed by atoms with van der Waals surface area (Å²) >= 11 is 3.75. The summed E-state index contributed by atoms with van der Waals surface area (Å²) in [4.78, 5) is 9.37. The van der Waals surface area contributed by atoms with E-state index in [0.717, 1.165) is 22.1 Å². The molecule has 0 saturated heterocycles. The van der Waals surface area contributed by atoms with Gasteiger partial charge in [-0.25, -0.2) is 4.98 Å². The van der Waals surface area contributed by atoms with Crippen LogP contribution in [-0.4, -0.2) is 14.4 Å². The smallest absolute Gasteiger partial charge is 0.146 e. The van der Waals surface area contributed by atoms with E-state index in [1.54, 1.807) is 0 Å². The van der Waals surface area contributed by atoms with Crippen LogP contribution in [0.4, 0.5) is 0 Å². The zero-order valence-electron chi connectivity index (χ0n) is 16.2. The average Bonchev–Trinajstić information content (AvgIpc) is 3.52. The summed E-state index contributed by atoms with van der Waals surface area (Å²) in [6, 6.07) is 22.1. The van der Waals surface area contributed by atoms with Crippen molar-refractivity contribution in [1.82, 2.24) is 14.4 Å². The van der Waals surface area contributed by atoms with Crippen LogP contribution in [0.2, 0.25) is 0 Å². The van der Waals surface area contributed by atoms with Crippen LogP contribution in [-0.2, 0) is 0 Å². The number of hydrogen-bond donors (Lipinski definition) is 0. The molecule has 0 amide bonds. The van der Waals surface area contributed by atoms with Gasteiger partial charge in [-0.15, -0.1) is 22.7 Å². The van der Waals surface area contributed by atoms with Crippen LogP contribution in [0.25, 0.3) is 67.8 Å². The Kier molecular flexibility index (Phi) is 2.91. The van der Waals surface area contributed by atoms with E-state index in [-0.39, 0.29) is 0 Å². The summed E-state index contributed by atoms with van der Waals surface area (Å²) in [6.07, 6.45) is 5.80. The number of fused-ring (bicyclic) bond motifs is 13. The van der Waals surface area contributed by atoms with Crippen molar-refractivity contribution in [3.8, 4) is 0 Å². The van der Waals surface area contributed by atoms with Crippen molar-refractivity contribution in [2.75, 3.05) is 0 Å². The van der Waals surface area contributed by atoms with Gasteiger partial charge in [0.2, 0.25) is 0 Å². The predicted octanol–water partition coefficient (Wildman–Crippen LogP) is 7.77. The van der Waals surface area contributed by atoms with Crippen LogP contribution in [0.15, 0.2) is 79.3 Å². The van der Waals surface area contributed by atoms with E-state index >= 15 is 0 Å². The Bertz CT molecular complexity index is 2010. The van der Waals surface area contributed by atoms with Crippen LogP contribution in [0.3, 0.4) is 0 Å². The maximum Gasteiger partial charge on any atom is 0.146 e. The van der Waals surface area contributed by atoms with E-state index in [1.165, 1.54) is 45.7 Å². The largest absolute Gasteiger partial charge is 0.299 e. The van der Waals surface area contributed by atoms with Crippen molar-refractivity contribution in [2.24, 2.45) is 0 Å². The lowest BCUT2D eigenvalue weighted by atomic mass is 10.0. The van der Waals surface area contributed by atoms with Gasteiger partial charge in [0.15, 0.2) is 0 Å². The summed E-state index contributed by atoms with van der Waals surface area (Å²) in [5.74, 6) is 0. The molecule has 0 fully saturated rings. The van der Waals surface area contributed by atoms with Gasteiger partial charge in [-0.1, -0.05) is 18.2 Å². The minimum Gasteiger partial charge on any atom is -0.299 e. The molecular formula is C26H13N3S2. The third kappa shape index (κ3) is 1.98. The number of thiophene rings is 2. The molecule has 0 aliphatic rings. The zero-order valence-corrected chi connectivity index (χ0v) is 17.8. The number of pyridine rings is 2. The number of benzene rings is 3. The monoisotopic (exact) mass is 431 g/mol. The molecule has 144 valence electrons. The van der Waals surface area contributed by atoms with Gasteiger partial charge in [0.1, 0.15) is 5.65 Å². The minimum absolute atomic E-state index is 0.959. The van der Waals surface area contributed by atoms with Gasteiger partial charge in [-0.3, -0.25) is 9.38 Å². The van der Waals surface area contributed by atoms with Crippen LogP contribution in [0.5, 0.6) is 0 Å². The highest BCUT2D eigenvalue weighted by Crippen LogP contribution is 2.45. The topological polar surface area (TPSA) is 30.2 Å². The van der Waals surface area contributed by atoms with Crippen LogP contribution in [0, 0.1) is 0 Å². The molecule has 0 atom stereocenters. The molecule has 0 spiro atoms. The highest BCUT2D eigenvalue weighted by molar-refractivity contribution is 7.28. The molecular weight excluding hydrogens is 418 g/mol. The number of rotatable bonds is 0. The second kappa shape index (κ2) is 5.58. The van der Waals surface area contributed by atoms with Gasteiger partial charge in [0, 0.05) is 69.7 Å². The van der Waals surface area contributed by atoms with Crippen molar-refractivity contribution in [3.63, 3.8) is 0 Å². The van der Waals surface area contributed by atoms with Gasteiger partial charge in [-0.2, -0.15) is 0 Å². The summed E-state index contributed by atoms with van der Waals surface area (Å²) < 4.78 is 7.53. The number of aromatic nitrogens is 3. The predicted molar refractivity (Wildman–Crippen MR) is 134 cm³/mol. The van der Waals surface area contributed by atoms with E-state index in [2.05, 4.69) is 70.2 Å². The molecule has 5 heterocycles. The Morgan fingerprint density at radius 2 is 1.42 bits per heavy atom. The Balaban J connectivity index is 1.67. The van der Waals surface area contributed by atoms with Gasteiger partial charge < -0.3 is 0 Å². The molecule has 3 nitrogen and oxygen atoms in total. The van der Waals surface area contributed by atoms with Gasteiger partial charge in [0.25, 0.3) is 0 Å². The Morgan fingerprint density at radius 3 is 2.35 bits per heavy atom. The lowest BCUT2D eigenvalue weighted by Crippen LogP contribution is -1.91. The number of hydrogen-bond acceptors (Lipinski definition) is 4. The molecule has 0 saturated carbocycles. The fraction of sp³-hybridized carbons (Fsp3) is 0. The van der Waals surface area contributed by atoms with Gasteiger partial charge in [0.05, 0.1) is 11.0 Å². The zero-order chi connectivity index (χ0) is 20.1. The number of imidazole rings is 1. The third-order valence-electron chi connectivity index (χ3n) is 6.30. The van der Waals surface area contributed by atoms with Crippen molar-refractivity contribution >= 4 is 90.5 Å². The highest BCUT2D eigenvalue weighted by atomic mass is 32.1. The summed E-state index contributed by atoms with van der Waals surface area (Å²) in [7, 11) is 0. The second-order valence-corrected chi connectivity index (χ2v) is 10.1. The molecule has 5 aromatic heterocycles. The molecule has 8 aromatic rings.